The minimum absolute atomic E-state index is 0.400. The molecular formula is C19H23BFNO4. The molecule has 138 valence electrons. The smallest absolute Gasteiger partial charge is 0.465 e. The van der Waals surface area contributed by atoms with E-state index < -0.39 is 30.0 Å². The summed E-state index contributed by atoms with van der Waals surface area (Å²) < 4.78 is 31.5. The van der Waals surface area contributed by atoms with Gasteiger partial charge in [0.15, 0.2) is 0 Å². The molecule has 26 heavy (non-hydrogen) atoms. The zero-order valence-corrected chi connectivity index (χ0v) is 15.9. The predicted octanol–water partition coefficient (Wildman–Crippen LogP) is 4.29. The van der Waals surface area contributed by atoms with E-state index in [1.807, 2.05) is 27.7 Å². The number of halogens is 1. The van der Waals surface area contributed by atoms with E-state index in [-0.39, 0.29) is 0 Å². The number of hydrogen-bond acceptors (Lipinski definition) is 4. The van der Waals surface area contributed by atoms with E-state index in [1.165, 1.54) is 7.11 Å². The van der Waals surface area contributed by atoms with Crippen molar-refractivity contribution in [3.05, 3.63) is 41.2 Å². The van der Waals surface area contributed by atoms with Gasteiger partial charge in [-0.05, 0) is 58.4 Å². The molecular weight excluding hydrogens is 336 g/mol. The molecule has 0 aliphatic carbocycles. The van der Waals surface area contributed by atoms with Crippen LogP contribution in [0.4, 0.5) is 4.39 Å². The molecule has 1 aromatic carbocycles. The number of hydrogen-bond donors (Lipinski definition) is 1. The van der Waals surface area contributed by atoms with Gasteiger partial charge in [-0.25, -0.2) is 9.18 Å². The molecule has 1 saturated heterocycles. The Kier molecular flexibility index (Phi) is 4.49. The van der Waals surface area contributed by atoms with E-state index in [1.54, 1.807) is 31.3 Å². The summed E-state index contributed by atoms with van der Waals surface area (Å²) in [6.45, 7) is 9.19. The number of aromatic nitrogens is 1. The van der Waals surface area contributed by atoms with Gasteiger partial charge in [-0.15, -0.1) is 0 Å². The lowest BCUT2D eigenvalue weighted by Crippen LogP contribution is -2.41. The maximum atomic E-state index is 15.1. The molecule has 5 nitrogen and oxygen atoms in total. The molecule has 0 radical (unpaired) electrons. The summed E-state index contributed by atoms with van der Waals surface area (Å²) in [6.07, 6.45) is 1.71. The van der Waals surface area contributed by atoms with Crippen LogP contribution in [0.3, 0.4) is 0 Å². The van der Waals surface area contributed by atoms with Gasteiger partial charge in [0.05, 0.1) is 23.9 Å². The van der Waals surface area contributed by atoms with Crippen LogP contribution in [0, 0.1) is 0 Å². The summed E-state index contributed by atoms with van der Waals surface area (Å²) >= 11 is 0. The summed E-state index contributed by atoms with van der Waals surface area (Å²) in [6, 6.07) is 5.12. The molecule has 3 rings (SSSR count). The number of allylic oxidation sites excluding steroid dienone is 1. The maximum absolute atomic E-state index is 15.1. The Morgan fingerprint density at radius 3 is 2.38 bits per heavy atom. The van der Waals surface area contributed by atoms with Crippen molar-refractivity contribution in [1.82, 2.24) is 4.98 Å². The van der Waals surface area contributed by atoms with Crippen molar-refractivity contribution in [1.29, 1.82) is 0 Å². The minimum Gasteiger partial charge on any atom is -0.465 e. The Labute approximate surface area is 152 Å². The lowest BCUT2D eigenvalue weighted by molar-refractivity contribution is 0.00578. The standard InChI is InChI=1S/C19H23BFNO4/c1-11(16(21)20-25-18(2,3)19(4,5)26-20)14-10-22-15-8-7-12(9-13(14)15)17(23)24-6/h7-10,22H,1-6H3. The van der Waals surface area contributed by atoms with Crippen molar-refractivity contribution >= 4 is 29.6 Å². The number of aromatic amines is 1. The van der Waals surface area contributed by atoms with Crippen molar-refractivity contribution < 1.29 is 23.2 Å². The van der Waals surface area contributed by atoms with Crippen LogP contribution >= 0.6 is 0 Å². The van der Waals surface area contributed by atoms with E-state index >= 15 is 4.39 Å². The van der Waals surface area contributed by atoms with Gasteiger partial charge in [0, 0.05) is 22.7 Å². The number of carbonyl (C=O) groups is 1. The average molecular weight is 359 g/mol. The molecule has 7 heteroatoms. The van der Waals surface area contributed by atoms with Crippen LogP contribution in [0.25, 0.3) is 16.5 Å². The third-order valence-electron chi connectivity index (χ3n) is 5.33. The van der Waals surface area contributed by atoms with Gasteiger partial charge in [0.1, 0.15) is 5.73 Å². The zero-order chi connectivity index (χ0) is 19.3. The van der Waals surface area contributed by atoms with Gasteiger partial charge < -0.3 is 19.0 Å². The maximum Gasteiger partial charge on any atom is 0.525 e. The number of methoxy groups -OCH3 is 1. The summed E-state index contributed by atoms with van der Waals surface area (Å²) in [5.74, 6) is -0.438. The van der Waals surface area contributed by atoms with Crippen LogP contribution in [0.5, 0.6) is 0 Å². The van der Waals surface area contributed by atoms with E-state index in [2.05, 4.69) is 4.98 Å². The fraction of sp³-hybridized carbons (Fsp3) is 0.421. The van der Waals surface area contributed by atoms with Crippen molar-refractivity contribution in [3.8, 4) is 0 Å². The molecule has 2 heterocycles. The number of benzene rings is 1. The highest BCUT2D eigenvalue weighted by molar-refractivity contribution is 6.55. The van der Waals surface area contributed by atoms with Crippen LogP contribution < -0.4 is 0 Å². The number of rotatable bonds is 3. The highest BCUT2D eigenvalue weighted by Gasteiger charge is 2.53. The highest BCUT2D eigenvalue weighted by Crippen LogP contribution is 2.40. The van der Waals surface area contributed by atoms with Crippen molar-refractivity contribution in [3.63, 3.8) is 0 Å². The average Bonchev–Trinajstić information content (AvgIpc) is 3.10. The largest absolute Gasteiger partial charge is 0.525 e. The Hall–Kier alpha value is -2.12. The van der Waals surface area contributed by atoms with E-state index in [4.69, 9.17) is 14.0 Å². The number of H-pyrrole nitrogens is 1. The van der Waals surface area contributed by atoms with Gasteiger partial charge >= 0.3 is 13.1 Å². The number of fused-ring (bicyclic) bond motifs is 1. The SMILES string of the molecule is COC(=O)c1ccc2[nH]cc(C(C)=C(F)B3OC(C)(C)C(C)(C)O3)c2c1. The molecule has 1 fully saturated rings. The molecule has 0 amide bonds. The van der Waals surface area contributed by atoms with Crippen LogP contribution in [0.15, 0.2) is 30.1 Å². The lowest BCUT2D eigenvalue weighted by atomic mass is 9.83. The molecule has 0 atom stereocenters. The molecule has 1 aromatic heterocycles. The summed E-state index contributed by atoms with van der Waals surface area (Å²) in [4.78, 5) is 14.9. The molecule has 0 spiro atoms. The molecule has 1 N–H and O–H groups in total. The molecule has 0 unspecified atom stereocenters. The summed E-state index contributed by atoms with van der Waals surface area (Å²) in [5, 5.41) is 0.733. The Bertz CT molecular complexity index is 884. The molecule has 0 bridgehead atoms. The van der Waals surface area contributed by atoms with Crippen molar-refractivity contribution in [2.45, 2.75) is 45.8 Å². The predicted molar refractivity (Wildman–Crippen MR) is 99.4 cm³/mol. The Morgan fingerprint density at radius 1 is 1.19 bits per heavy atom. The molecule has 1 aliphatic heterocycles. The fourth-order valence-corrected chi connectivity index (χ4v) is 2.93. The van der Waals surface area contributed by atoms with Gasteiger partial charge in [-0.1, -0.05) is 0 Å². The van der Waals surface area contributed by atoms with Crippen molar-refractivity contribution in [2.75, 3.05) is 7.11 Å². The minimum atomic E-state index is -1.06. The van der Waals surface area contributed by atoms with Gasteiger partial charge in [0.2, 0.25) is 0 Å². The second-order valence-corrected chi connectivity index (χ2v) is 7.52. The number of carbonyl (C=O) groups excluding carboxylic acids is 1. The molecule has 2 aromatic rings. The summed E-state index contributed by atoms with van der Waals surface area (Å²) in [5.41, 5.74) is 0.544. The summed E-state index contributed by atoms with van der Waals surface area (Å²) in [7, 11) is 0.266. The lowest BCUT2D eigenvalue weighted by Gasteiger charge is -2.32. The zero-order valence-electron chi connectivity index (χ0n) is 15.9. The second-order valence-electron chi connectivity index (χ2n) is 7.52. The van der Waals surface area contributed by atoms with Crippen LogP contribution in [0.1, 0.15) is 50.5 Å². The number of nitrogens with one attached hydrogen (secondary N) is 1. The second kappa shape index (κ2) is 6.25. The third-order valence-corrected chi connectivity index (χ3v) is 5.33. The molecule has 1 aliphatic rings. The van der Waals surface area contributed by atoms with Crippen LogP contribution in [-0.2, 0) is 14.0 Å². The first kappa shape index (κ1) is 18.7. The van der Waals surface area contributed by atoms with E-state index in [0.717, 1.165) is 10.9 Å². The van der Waals surface area contributed by atoms with Crippen molar-refractivity contribution in [2.24, 2.45) is 0 Å². The van der Waals surface area contributed by atoms with Gasteiger partial charge in [-0.2, -0.15) is 0 Å². The van der Waals surface area contributed by atoms with Crippen LogP contribution in [0.2, 0.25) is 0 Å². The first-order chi connectivity index (χ1) is 12.1. The fourth-order valence-electron chi connectivity index (χ4n) is 2.93. The monoisotopic (exact) mass is 359 g/mol. The Balaban J connectivity index is 2.03. The number of ether oxygens (including phenoxy) is 1. The van der Waals surface area contributed by atoms with Gasteiger partial charge in [0.25, 0.3) is 0 Å². The quantitative estimate of drug-likeness (QED) is 0.656. The van der Waals surface area contributed by atoms with E-state index in [0.29, 0.717) is 16.7 Å². The number of esters is 1. The first-order valence-electron chi connectivity index (χ1n) is 8.49. The molecule has 0 saturated carbocycles. The van der Waals surface area contributed by atoms with E-state index in [9.17, 15) is 4.79 Å². The normalized spacial score (nSPS) is 19.6. The first-order valence-corrected chi connectivity index (χ1v) is 8.49. The highest BCUT2D eigenvalue weighted by atomic mass is 19.1. The topological polar surface area (TPSA) is 60.6 Å². The van der Waals surface area contributed by atoms with Gasteiger partial charge in [-0.3, -0.25) is 0 Å². The third kappa shape index (κ3) is 2.95. The Morgan fingerprint density at radius 2 is 1.81 bits per heavy atom. The van der Waals surface area contributed by atoms with Crippen LogP contribution in [-0.4, -0.2) is 36.4 Å².